The van der Waals surface area contributed by atoms with E-state index in [1.165, 1.54) is 0 Å². The molecule has 0 N–H and O–H groups in total. The highest BCUT2D eigenvalue weighted by Crippen LogP contribution is 2.40. The molecule has 11 heteroatoms. The maximum Gasteiger partial charge on any atom is 0.573 e. The minimum absolute atomic E-state index is 0.286. The summed E-state index contributed by atoms with van der Waals surface area (Å²) in [6.45, 7) is 0. The van der Waals surface area contributed by atoms with E-state index in [9.17, 15) is 31.1 Å². The number of esters is 1. The number of halogens is 7. The fourth-order valence-corrected chi connectivity index (χ4v) is 1.67. The van der Waals surface area contributed by atoms with Gasteiger partial charge >= 0.3 is 18.5 Å². The van der Waals surface area contributed by atoms with E-state index in [2.05, 4.69) is 14.5 Å². The molecule has 1 aromatic rings. The van der Waals surface area contributed by atoms with Gasteiger partial charge in [-0.2, -0.15) is 13.2 Å². The molecule has 0 aliphatic carbocycles. The van der Waals surface area contributed by atoms with Gasteiger partial charge in [0.05, 0.1) is 30.8 Å². The molecule has 0 bridgehead atoms. The van der Waals surface area contributed by atoms with Crippen LogP contribution in [0.25, 0.3) is 0 Å². The van der Waals surface area contributed by atoms with Crippen LogP contribution in [0.15, 0.2) is 6.07 Å². The standard InChI is InChI=1S/C11H8ClF6NO3/c1-21-8(20)3-5-2-6(10(13,14)15)9(7(4-12)19-5)22-11(16,17)18/h2H,3-4H2,1H3. The van der Waals surface area contributed by atoms with Crippen LogP contribution >= 0.6 is 11.6 Å². The zero-order valence-corrected chi connectivity index (χ0v) is 11.6. The molecule has 4 nitrogen and oxygen atoms in total. The molecule has 0 radical (unpaired) electrons. The van der Waals surface area contributed by atoms with Crippen molar-refractivity contribution in [3.8, 4) is 5.75 Å². The lowest BCUT2D eigenvalue weighted by molar-refractivity contribution is -0.276. The number of carbonyl (C=O) groups excluding carboxylic acids is 1. The Hall–Kier alpha value is -1.71. The van der Waals surface area contributed by atoms with E-state index in [1.54, 1.807) is 0 Å². The predicted octanol–water partition coefficient (Wildman–Crippen LogP) is 3.45. The van der Waals surface area contributed by atoms with Gasteiger partial charge in [0.1, 0.15) is 5.56 Å². The van der Waals surface area contributed by atoms with E-state index in [1.807, 2.05) is 0 Å². The van der Waals surface area contributed by atoms with Gasteiger partial charge in [0.15, 0.2) is 5.75 Å². The van der Waals surface area contributed by atoms with Crippen molar-refractivity contribution in [3.05, 3.63) is 23.0 Å². The zero-order chi connectivity index (χ0) is 17.1. The van der Waals surface area contributed by atoms with Gasteiger partial charge in [-0.05, 0) is 6.07 Å². The zero-order valence-electron chi connectivity index (χ0n) is 10.8. The second-order valence-electron chi connectivity index (χ2n) is 3.87. The first-order chi connectivity index (χ1) is 9.97. The Morgan fingerprint density at radius 1 is 1.27 bits per heavy atom. The Morgan fingerprint density at radius 2 is 1.86 bits per heavy atom. The van der Waals surface area contributed by atoms with Gasteiger partial charge in [-0.1, -0.05) is 0 Å². The van der Waals surface area contributed by atoms with E-state index in [-0.39, 0.29) is 6.07 Å². The fourth-order valence-electron chi connectivity index (χ4n) is 1.49. The number of nitrogens with zero attached hydrogens (tertiary/aromatic N) is 1. The van der Waals surface area contributed by atoms with Gasteiger partial charge in [0.25, 0.3) is 0 Å². The molecule has 0 saturated carbocycles. The maximum atomic E-state index is 12.9. The summed E-state index contributed by atoms with van der Waals surface area (Å²) in [5, 5.41) is 0. The number of pyridine rings is 1. The van der Waals surface area contributed by atoms with Crippen molar-refractivity contribution in [1.82, 2.24) is 4.98 Å². The number of hydrogen-bond donors (Lipinski definition) is 0. The third-order valence-corrected chi connectivity index (χ3v) is 2.55. The van der Waals surface area contributed by atoms with Gasteiger partial charge in [-0.15, -0.1) is 24.8 Å². The Kier molecular flexibility index (Phi) is 5.49. The van der Waals surface area contributed by atoms with Crippen molar-refractivity contribution in [2.24, 2.45) is 0 Å². The topological polar surface area (TPSA) is 48.4 Å². The minimum Gasteiger partial charge on any atom is -0.469 e. The summed E-state index contributed by atoms with van der Waals surface area (Å²) in [6.07, 6.45) is -11.2. The monoisotopic (exact) mass is 351 g/mol. The van der Waals surface area contributed by atoms with Gasteiger partial charge in [-0.25, -0.2) is 0 Å². The molecule has 124 valence electrons. The summed E-state index contributed by atoms with van der Waals surface area (Å²) in [7, 11) is 0.997. The number of carbonyl (C=O) groups is 1. The summed E-state index contributed by atoms with van der Waals surface area (Å²) < 4.78 is 83.1. The lowest BCUT2D eigenvalue weighted by Gasteiger charge is -2.18. The van der Waals surface area contributed by atoms with Crippen molar-refractivity contribution in [2.75, 3.05) is 7.11 Å². The van der Waals surface area contributed by atoms with Crippen LogP contribution in [-0.4, -0.2) is 24.4 Å². The van der Waals surface area contributed by atoms with Crippen LogP contribution in [0.3, 0.4) is 0 Å². The first-order valence-electron chi connectivity index (χ1n) is 5.46. The van der Waals surface area contributed by atoms with Crippen LogP contribution < -0.4 is 4.74 Å². The molecule has 0 amide bonds. The number of ether oxygens (including phenoxy) is 2. The normalized spacial score (nSPS) is 12.2. The van der Waals surface area contributed by atoms with Crippen molar-refractivity contribution < 1.29 is 40.6 Å². The quantitative estimate of drug-likeness (QED) is 0.473. The second kappa shape index (κ2) is 6.59. The smallest absolute Gasteiger partial charge is 0.469 e. The fraction of sp³-hybridized carbons (Fsp3) is 0.455. The molecule has 1 aromatic heterocycles. The lowest BCUT2D eigenvalue weighted by atomic mass is 10.1. The third-order valence-electron chi connectivity index (χ3n) is 2.30. The molecular formula is C11H8ClF6NO3. The highest BCUT2D eigenvalue weighted by Gasteiger charge is 2.41. The molecule has 0 fully saturated rings. The molecule has 22 heavy (non-hydrogen) atoms. The van der Waals surface area contributed by atoms with E-state index < -0.39 is 53.5 Å². The first kappa shape index (κ1) is 18.3. The number of methoxy groups -OCH3 is 1. The summed E-state index contributed by atoms with van der Waals surface area (Å²) in [5.41, 5.74) is -2.95. The number of alkyl halides is 7. The largest absolute Gasteiger partial charge is 0.573 e. The average molecular weight is 352 g/mol. The average Bonchev–Trinajstić information content (AvgIpc) is 2.36. The molecule has 0 unspecified atom stereocenters. The molecule has 0 aliphatic heterocycles. The van der Waals surface area contributed by atoms with Crippen molar-refractivity contribution in [1.29, 1.82) is 0 Å². The highest BCUT2D eigenvalue weighted by atomic mass is 35.5. The molecule has 0 spiro atoms. The van der Waals surface area contributed by atoms with Crippen LogP contribution in [0.5, 0.6) is 5.75 Å². The Labute approximate surface area is 125 Å². The minimum atomic E-state index is -5.35. The highest BCUT2D eigenvalue weighted by molar-refractivity contribution is 6.17. The molecular weight excluding hydrogens is 344 g/mol. The number of aromatic nitrogens is 1. The van der Waals surface area contributed by atoms with E-state index in [0.29, 0.717) is 0 Å². The molecule has 0 atom stereocenters. The van der Waals surface area contributed by atoms with Gasteiger partial charge in [0, 0.05) is 0 Å². The summed E-state index contributed by atoms with van der Waals surface area (Å²) in [6, 6.07) is 0.286. The summed E-state index contributed by atoms with van der Waals surface area (Å²) >= 11 is 5.33. The summed E-state index contributed by atoms with van der Waals surface area (Å²) in [5.74, 6) is -3.22. The third kappa shape index (κ3) is 4.93. The predicted molar refractivity (Wildman–Crippen MR) is 61.2 cm³/mol. The van der Waals surface area contributed by atoms with Crippen LogP contribution in [0, 0.1) is 0 Å². The van der Waals surface area contributed by atoms with Crippen molar-refractivity contribution >= 4 is 17.6 Å². The van der Waals surface area contributed by atoms with Gasteiger partial charge in [0.2, 0.25) is 0 Å². The van der Waals surface area contributed by atoms with Crippen LogP contribution in [-0.2, 0) is 28.0 Å². The SMILES string of the molecule is COC(=O)Cc1cc(C(F)(F)F)c(OC(F)(F)F)c(CCl)n1. The van der Waals surface area contributed by atoms with Crippen LogP contribution in [0.2, 0.25) is 0 Å². The lowest BCUT2D eigenvalue weighted by Crippen LogP contribution is -2.22. The Balaban J connectivity index is 3.44. The molecule has 0 aliphatic rings. The molecule has 0 saturated heterocycles. The Bertz CT molecular complexity index is 558. The molecule has 0 aromatic carbocycles. The van der Waals surface area contributed by atoms with Gasteiger partial charge in [-0.3, -0.25) is 9.78 Å². The number of rotatable bonds is 4. The maximum absolute atomic E-state index is 12.9. The molecule has 1 rings (SSSR count). The number of hydrogen-bond acceptors (Lipinski definition) is 4. The van der Waals surface area contributed by atoms with Crippen LogP contribution in [0.4, 0.5) is 26.3 Å². The second-order valence-corrected chi connectivity index (χ2v) is 4.14. The van der Waals surface area contributed by atoms with E-state index in [0.717, 1.165) is 7.11 Å². The van der Waals surface area contributed by atoms with Crippen LogP contribution in [0.1, 0.15) is 17.0 Å². The van der Waals surface area contributed by atoms with E-state index in [4.69, 9.17) is 11.6 Å². The van der Waals surface area contributed by atoms with E-state index >= 15 is 0 Å². The van der Waals surface area contributed by atoms with Crippen molar-refractivity contribution in [2.45, 2.75) is 24.8 Å². The summed E-state index contributed by atoms with van der Waals surface area (Å²) in [4.78, 5) is 14.5. The van der Waals surface area contributed by atoms with Crippen molar-refractivity contribution in [3.63, 3.8) is 0 Å². The molecule has 1 heterocycles. The first-order valence-corrected chi connectivity index (χ1v) is 6.00. The Morgan fingerprint density at radius 3 is 2.27 bits per heavy atom. The van der Waals surface area contributed by atoms with Gasteiger partial charge < -0.3 is 9.47 Å².